The van der Waals surface area contributed by atoms with Crippen molar-refractivity contribution in [3.63, 3.8) is 0 Å². The van der Waals surface area contributed by atoms with Gasteiger partial charge in [0.15, 0.2) is 5.76 Å². The summed E-state index contributed by atoms with van der Waals surface area (Å²) in [6.07, 6.45) is 0.662. The van der Waals surface area contributed by atoms with E-state index in [2.05, 4.69) is 10.5 Å². The first kappa shape index (κ1) is 16.2. The highest BCUT2D eigenvalue weighted by molar-refractivity contribution is 5.84. The SMILES string of the molecule is CC[C@H](C)[C@H](NC(=O)COCc1cc(C)no1)C(=O)O. The van der Waals surface area contributed by atoms with E-state index >= 15 is 0 Å². The van der Waals surface area contributed by atoms with E-state index in [0.29, 0.717) is 12.2 Å². The molecule has 0 fully saturated rings. The molecule has 0 saturated heterocycles. The van der Waals surface area contributed by atoms with E-state index in [1.54, 1.807) is 19.9 Å². The Hall–Kier alpha value is -1.89. The van der Waals surface area contributed by atoms with Crippen molar-refractivity contribution in [2.75, 3.05) is 6.61 Å². The molecule has 20 heavy (non-hydrogen) atoms. The minimum Gasteiger partial charge on any atom is -0.480 e. The van der Waals surface area contributed by atoms with Gasteiger partial charge in [-0.15, -0.1) is 0 Å². The van der Waals surface area contributed by atoms with Gasteiger partial charge in [0.25, 0.3) is 0 Å². The van der Waals surface area contributed by atoms with Gasteiger partial charge < -0.3 is 19.7 Å². The summed E-state index contributed by atoms with van der Waals surface area (Å²) in [5.74, 6) is -1.13. The van der Waals surface area contributed by atoms with Gasteiger partial charge in [-0.2, -0.15) is 0 Å². The molecule has 112 valence electrons. The van der Waals surface area contributed by atoms with Gasteiger partial charge >= 0.3 is 5.97 Å². The molecule has 2 atom stereocenters. The van der Waals surface area contributed by atoms with Crippen molar-refractivity contribution in [1.29, 1.82) is 0 Å². The number of nitrogens with one attached hydrogen (secondary N) is 1. The van der Waals surface area contributed by atoms with Gasteiger partial charge in [-0.1, -0.05) is 25.4 Å². The summed E-state index contributed by atoms with van der Waals surface area (Å²) in [4.78, 5) is 22.7. The van der Waals surface area contributed by atoms with Gasteiger partial charge in [0.1, 0.15) is 19.3 Å². The first-order valence-corrected chi connectivity index (χ1v) is 6.46. The molecule has 0 spiro atoms. The zero-order chi connectivity index (χ0) is 15.1. The van der Waals surface area contributed by atoms with Crippen LogP contribution in [0.1, 0.15) is 31.7 Å². The van der Waals surface area contributed by atoms with Gasteiger partial charge in [0, 0.05) is 6.07 Å². The number of ether oxygens (including phenoxy) is 1. The van der Waals surface area contributed by atoms with Crippen molar-refractivity contribution >= 4 is 11.9 Å². The lowest BCUT2D eigenvalue weighted by Gasteiger charge is -2.19. The second-order valence-corrected chi connectivity index (χ2v) is 4.70. The number of amides is 1. The number of carboxylic acids is 1. The monoisotopic (exact) mass is 284 g/mol. The number of rotatable bonds is 8. The Labute approximate surface area is 117 Å². The third-order valence-corrected chi connectivity index (χ3v) is 2.95. The van der Waals surface area contributed by atoms with Crippen LogP contribution in [0.5, 0.6) is 0 Å². The topological polar surface area (TPSA) is 102 Å². The van der Waals surface area contributed by atoms with E-state index in [9.17, 15) is 9.59 Å². The Kier molecular flexibility index (Phi) is 6.17. The third kappa shape index (κ3) is 5.00. The van der Waals surface area contributed by atoms with Gasteiger partial charge in [-0.3, -0.25) is 4.79 Å². The molecule has 0 aliphatic heterocycles. The molecular formula is C13H20N2O5. The van der Waals surface area contributed by atoms with Crippen LogP contribution in [0.2, 0.25) is 0 Å². The molecule has 0 aliphatic carbocycles. The molecular weight excluding hydrogens is 264 g/mol. The van der Waals surface area contributed by atoms with Crippen LogP contribution in [0.15, 0.2) is 10.6 Å². The number of carbonyl (C=O) groups is 2. The van der Waals surface area contributed by atoms with Gasteiger partial charge in [-0.05, 0) is 12.8 Å². The number of hydrogen-bond donors (Lipinski definition) is 2. The number of nitrogens with zero attached hydrogens (tertiary/aromatic N) is 1. The van der Waals surface area contributed by atoms with Crippen LogP contribution >= 0.6 is 0 Å². The third-order valence-electron chi connectivity index (χ3n) is 2.95. The maximum atomic E-state index is 11.6. The van der Waals surface area contributed by atoms with Crippen LogP contribution in [-0.4, -0.2) is 34.8 Å². The zero-order valence-electron chi connectivity index (χ0n) is 11.9. The fourth-order valence-corrected chi connectivity index (χ4v) is 1.63. The minimum absolute atomic E-state index is 0.120. The predicted molar refractivity (Wildman–Crippen MR) is 69.9 cm³/mol. The Morgan fingerprint density at radius 2 is 2.25 bits per heavy atom. The van der Waals surface area contributed by atoms with Gasteiger partial charge in [-0.25, -0.2) is 4.79 Å². The second-order valence-electron chi connectivity index (χ2n) is 4.70. The first-order chi connectivity index (χ1) is 9.43. The average Bonchev–Trinajstić information content (AvgIpc) is 2.80. The quantitative estimate of drug-likeness (QED) is 0.741. The molecule has 1 heterocycles. The Bertz CT molecular complexity index is 457. The van der Waals surface area contributed by atoms with Gasteiger partial charge in [0.05, 0.1) is 5.69 Å². The fourth-order valence-electron chi connectivity index (χ4n) is 1.63. The lowest BCUT2D eigenvalue weighted by Crippen LogP contribution is -2.46. The van der Waals surface area contributed by atoms with E-state index in [0.717, 1.165) is 5.69 Å². The number of carboxylic acid groups (broad SMARTS) is 1. The molecule has 0 bridgehead atoms. The number of hydrogen-bond acceptors (Lipinski definition) is 5. The van der Waals surface area contributed by atoms with E-state index in [4.69, 9.17) is 14.4 Å². The number of carbonyl (C=O) groups excluding carboxylic acids is 1. The van der Waals surface area contributed by atoms with Crippen LogP contribution < -0.4 is 5.32 Å². The highest BCUT2D eigenvalue weighted by Crippen LogP contribution is 2.08. The molecule has 0 radical (unpaired) electrons. The summed E-state index contributed by atoms with van der Waals surface area (Å²) in [5.41, 5.74) is 0.732. The summed E-state index contributed by atoms with van der Waals surface area (Å²) < 4.78 is 10.1. The maximum absolute atomic E-state index is 11.6. The highest BCUT2D eigenvalue weighted by Gasteiger charge is 2.25. The van der Waals surface area contributed by atoms with Crippen LogP contribution in [0.25, 0.3) is 0 Å². The van der Waals surface area contributed by atoms with E-state index in [1.807, 2.05) is 6.92 Å². The second kappa shape index (κ2) is 7.64. The van der Waals surface area contributed by atoms with Gasteiger partial charge in [0.2, 0.25) is 5.91 Å². The predicted octanol–water partition coefficient (Wildman–Crippen LogP) is 1.12. The molecule has 7 heteroatoms. The molecule has 1 aromatic rings. The molecule has 2 N–H and O–H groups in total. The van der Waals surface area contributed by atoms with E-state index in [-0.39, 0.29) is 19.1 Å². The zero-order valence-corrected chi connectivity index (χ0v) is 11.9. The molecule has 0 aliphatic rings. The summed E-state index contributed by atoms with van der Waals surface area (Å²) in [7, 11) is 0. The molecule has 0 unspecified atom stereocenters. The number of aliphatic carboxylic acids is 1. The number of aryl methyl sites for hydroxylation is 1. The van der Waals surface area contributed by atoms with Crippen LogP contribution in [0.3, 0.4) is 0 Å². The van der Waals surface area contributed by atoms with E-state index in [1.165, 1.54) is 0 Å². The van der Waals surface area contributed by atoms with Crippen molar-refractivity contribution in [1.82, 2.24) is 10.5 Å². The van der Waals surface area contributed by atoms with Crippen LogP contribution in [-0.2, 0) is 20.9 Å². The van der Waals surface area contributed by atoms with Crippen LogP contribution in [0.4, 0.5) is 0 Å². The van der Waals surface area contributed by atoms with Crippen molar-refractivity contribution in [2.24, 2.45) is 5.92 Å². The normalized spacial score (nSPS) is 13.8. The highest BCUT2D eigenvalue weighted by atomic mass is 16.5. The lowest BCUT2D eigenvalue weighted by atomic mass is 9.99. The van der Waals surface area contributed by atoms with Crippen molar-refractivity contribution in [2.45, 2.75) is 39.8 Å². The molecule has 0 aromatic carbocycles. The lowest BCUT2D eigenvalue weighted by molar-refractivity contribution is -0.144. The van der Waals surface area contributed by atoms with Crippen molar-refractivity contribution in [3.05, 3.63) is 17.5 Å². The molecule has 1 aromatic heterocycles. The largest absolute Gasteiger partial charge is 0.480 e. The van der Waals surface area contributed by atoms with Crippen LogP contribution in [0, 0.1) is 12.8 Å². The van der Waals surface area contributed by atoms with Crippen molar-refractivity contribution < 1.29 is 24.0 Å². The molecule has 7 nitrogen and oxygen atoms in total. The summed E-state index contributed by atoms with van der Waals surface area (Å²) in [5, 5.41) is 15.2. The smallest absolute Gasteiger partial charge is 0.326 e. The molecule has 1 rings (SSSR count). The summed E-state index contributed by atoms with van der Waals surface area (Å²) >= 11 is 0. The fraction of sp³-hybridized carbons (Fsp3) is 0.615. The Balaban J connectivity index is 2.36. The Morgan fingerprint density at radius 3 is 2.75 bits per heavy atom. The van der Waals surface area contributed by atoms with Crippen molar-refractivity contribution in [3.8, 4) is 0 Å². The minimum atomic E-state index is -1.04. The standard InChI is InChI=1S/C13H20N2O5/c1-4-8(2)12(13(17)18)14-11(16)7-19-6-10-5-9(3)15-20-10/h5,8,12H,4,6-7H2,1-3H3,(H,14,16)(H,17,18)/t8-,12-/m0/s1. The maximum Gasteiger partial charge on any atom is 0.326 e. The summed E-state index contributed by atoms with van der Waals surface area (Å²) in [6, 6.07) is 0.806. The van der Waals surface area contributed by atoms with E-state index < -0.39 is 17.9 Å². The molecule has 0 saturated carbocycles. The Morgan fingerprint density at radius 1 is 1.55 bits per heavy atom. The summed E-state index contributed by atoms with van der Waals surface area (Å²) in [6.45, 7) is 5.32. The molecule has 1 amide bonds. The first-order valence-electron chi connectivity index (χ1n) is 6.46. The number of aromatic nitrogens is 1. The average molecular weight is 284 g/mol.